The lowest BCUT2D eigenvalue weighted by Crippen LogP contribution is -2.35. The van der Waals surface area contributed by atoms with E-state index in [9.17, 15) is 5.11 Å². The van der Waals surface area contributed by atoms with Gasteiger partial charge in [0.25, 0.3) is 0 Å². The molecule has 0 radical (unpaired) electrons. The number of aliphatic hydroxyl groups is 1. The molecule has 42 heavy (non-hydrogen) atoms. The van der Waals surface area contributed by atoms with Crippen molar-refractivity contribution < 1.29 is 9.84 Å². The van der Waals surface area contributed by atoms with Crippen LogP contribution in [0.2, 0.25) is 0 Å². The summed E-state index contributed by atoms with van der Waals surface area (Å²) in [4.78, 5) is 15.1. The van der Waals surface area contributed by atoms with Gasteiger partial charge in [-0.3, -0.25) is 4.90 Å². The molecule has 9 nitrogen and oxygen atoms in total. The molecule has 2 N–H and O–H groups in total. The van der Waals surface area contributed by atoms with Gasteiger partial charge in [-0.15, -0.1) is 16.4 Å². The zero-order valence-corrected chi connectivity index (χ0v) is 25.3. The maximum Gasteiger partial charge on any atom is 0.126 e. The van der Waals surface area contributed by atoms with Gasteiger partial charge in [-0.1, -0.05) is 32.0 Å². The number of para-hydroxylation sites is 1. The van der Waals surface area contributed by atoms with Gasteiger partial charge in [-0.2, -0.15) is 9.90 Å². The van der Waals surface area contributed by atoms with E-state index in [0.29, 0.717) is 18.6 Å². The largest absolute Gasteiger partial charge is 0.396 e. The minimum Gasteiger partial charge on any atom is -0.396 e. The van der Waals surface area contributed by atoms with Crippen molar-refractivity contribution in [3.63, 3.8) is 0 Å². The molecule has 2 unspecified atom stereocenters. The van der Waals surface area contributed by atoms with Crippen molar-refractivity contribution in [1.82, 2.24) is 29.9 Å². The van der Waals surface area contributed by atoms with E-state index < -0.39 is 0 Å². The molecule has 0 spiro atoms. The van der Waals surface area contributed by atoms with Crippen molar-refractivity contribution in [3.8, 4) is 16.3 Å². The van der Waals surface area contributed by atoms with Crippen molar-refractivity contribution in [2.75, 3.05) is 38.2 Å². The molecule has 4 aromatic rings. The summed E-state index contributed by atoms with van der Waals surface area (Å²) in [5.41, 5.74) is 4.14. The van der Waals surface area contributed by atoms with E-state index in [-0.39, 0.29) is 11.8 Å². The number of anilines is 1. The Morgan fingerprint density at radius 1 is 1.02 bits per heavy atom. The Kier molecular flexibility index (Phi) is 9.24. The number of aliphatic hydroxyl groups excluding tert-OH is 1. The second-order valence-electron chi connectivity index (χ2n) is 11.7. The molecule has 1 aliphatic carbocycles. The Hall–Kier alpha value is -3.18. The summed E-state index contributed by atoms with van der Waals surface area (Å²) >= 11 is 1.68. The minimum absolute atomic E-state index is 0.180. The third kappa shape index (κ3) is 6.89. The second-order valence-corrected chi connectivity index (χ2v) is 12.8. The molecule has 3 aromatic heterocycles. The lowest BCUT2D eigenvalue weighted by Gasteiger charge is -2.30. The fourth-order valence-electron chi connectivity index (χ4n) is 5.87. The number of benzene rings is 1. The number of aromatic nitrogens is 5. The number of nitrogens with zero attached hydrogens (tertiary/aromatic N) is 6. The summed E-state index contributed by atoms with van der Waals surface area (Å²) < 4.78 is 5.58. The van der Waals surface area contributed by atoms with E-state index in [1.807, 2.05) is 36.5 Å². The van der Waals surface area contributed by atoms with Gasteiger partial charge in [0.2, 0.25) is 0 Å². The van der Waals surface area contributed by atoms with E-state index in [0.717, 1.165) is 91.3 Å². The van der Waals surface area contributed by atoms with E-state index in [2.05, 4.69) is 41.3 Å². The predicted octanol–water partition coefficient (Wildman–Crippen LogP) is 5.49. The number of rotatable bonds is 10. The Bertz CT molecular complexity index is 1430. The quantitative estimate of drug-likeness (QED) is 0.251. The van der Waals surface area contributed by atoms with Gasteiger partial charge in [0.05, 0.1) is 35.0 Å². The van der Waals surface area contributed by atoms with Gasteiger partial charge in [-0.25, -0.2) is 9.97 Å². The van der Waals surface area contributed by atoms with Crippen LogP contribution in [0.4, 0.5) is 5.82 Å². The van der Waals surface area contributed by atoms with Crippen molar-refractivity contribution in [2.45, 2.75) is 64.0 Å². The second kappa shape index (κ2) is 13.4. The van der Waals surface area contributed by atoms with Gasteiger partial charge >= 0.3 is 0 Å². The average molecular weight is 588 g/mol. The number of hydrogen-bond donors (Lipinski definition) is 2. The zero-order chi connectivity index (χ0) is 28.9. The zero-order valence-electron chi connectivity index (χ0n) is 24.5. The van der Waals surface area contributed by atoms with E-state index in [4.69, 9.17) is 19.8 Å². The Morgan fingerprint density at radius 3 is 2.57 bits per heavy atom. The number of pyridine rings is 1. The van der Waals surface area contributed by atoms with E-state index in [1.165, 1.54) is 5.56 Å². The van der Waals surface area contributed by atoms with E-state index >= 15 is 0 Å². The third-order valence-corrected chi connectivity index (χ3v) is 9.95. The molecule has 2 atom stereocenters. The highest BCUT2D eigenvalue weighted by atomic mass is 32.1. The number of hydrogen-bond acceptors (Lipinski definition) is 9. The first-order valence-electron chi connectivity index (χ1n) is 15.2. The van der Waals surface area contributed by atoms with Crippen molar-refractivity contribution in [3.05, 3.63) is 71.1 Å². The van der Waals surface area contributed by atoms with Gasteiger partial charge in [0, 0.05) is 56.0 Å². The van der Waals surface area contributed by atoms with Crippen LogP contribution in [-0.4, -0.2) is 73.9 Å². The lowest BCUT2D eigenvalue weighted by atomic mass is 9.86. The van der Waals surface area contributed by atoms with Gasteiger partial charge in [0.1, 0.15) is 11.5 Å². The molecule has 2 aliphatic rings. The van der Waals surface area contributed by atoms with Gasteiger partial charge in [0.15, 0.2) is 0 Å². The maximum absolute atomic E-state index is 9.56. The third-order valence-electron chi connectivity index (χ3n) is 8.73. The standard InChI is InChI=1S/C32H41N7O2S/c1-22(23(2)32-33-19-30(42-32)29-18-34-39(37-29)27-6-4-3-5-7-27)28-16-25(20-38-12-14-41-15-13-38)17-31(36-28)35-26-10-8-24(21-40)9-11-26/h3-7,16-19,22-24,26,40H,8-15,20-21H2,1-2H3,(H,35,36). The summed E-state index contributed by atoms with van der Waals surface area (Å²) in [5.74, 6) is 1.76. The molecule has 1 saturated carbocycles. The summed E-state index contributed by atoms with van der Waals surface area (Å²) in [6, 6.07) is 14.9. The van der Waals surface area contributed by atoms with Gasteiger partial charge in [-0.05, 0) is 61.4 Å². The number of thiazole rings is 1. The monoisotopic (exact) mass is 587 g/mol. The van der Waals surface area contributed by atoms with Crippen LogP contribution in [0.15, 0.2) is 54.9 Å². The Morgan fingerprint density at radius 2 is 1.81 bits per heavy atom. The first kappa shape index (κ1) is 28.9. The number of morpholine rings is 1. The van der Waals surface area contributed by atoms with Crippen molar-refractivity contribution in [2.24, 2.45) is 5.92 Å². The van der Waals surface area contributed by atoms with E-state index in [1.54, 1.807) is 22.3 Å². The summed E-state index contributed by atoms with van der Waals surface area (Å²) in [7, 11) is 0. The highest BCUT2D eigenvalue weighted by molar-refractivity contribution is 7.15. The molecule has 10 heteroatoms. The predicted molar refractivity (Wildman–Crippen MR) is 166 cm³/mol. The number of nitrogens with one attached hydrogen (secondary N) is 1. The van der Waals surface area contributed by atoms with Crippen LogP contribution < -0.4 is 5.32 Å². The molecule has 0 amide bonds. The summed E-state index contributed by atoms with van der Waals surface area (Å²) in [6.07, 6.45) is 7.99. The van der Waals surface area contributed by atoms with Crippen molar-refractivity contribution >= 4 is 17.2 Å². The molecule has 2 fully saturated rings. The molecule has 4 heterocycles. The van der Waals surface area contributed by atoms with Gasteiger partial charge < -0.3 is 15.2 Å². The molecular formula is C32H41N7O2S. The fraction of sp³-hybridized carbons (Fsp3) is 0.500. The molecule has 0 bridgehead atoms. The minimum atomic E-state index is 0.180. The van der Waals surface area contributed by atoms with Crippen LogP contribution in [0.1, 0.15) is 67.6 Å². The molecule has 1 saturated heterocycles. The van der Waals surface area contributed by atoms with Crippen molar-refractivity contribution in [1.29, 1.82) is 0 Å². The molecule has 6 rings (SSSR count). The Balaban J connectivity index is 1.20. The van der Waals surface area contributed by atoms with Crippen LogP contribution in [0.25, 0.3) is 16.3 Å². The highest BCUT2D eigenvalue weighted by Gasteiger charge is 2.25. The molecular weight excluding hydrogens is 546 g/mol. The average Bonchev–Trinajstić information content (AvgIpc) is 3.72. The maximum atomic E-state index is 9.56. The van der Waals surface area contributed by atoms with Crippen LogP contribution in [0.3, 0.4) is 0 Å². The smallest absolute Gasteiger partial charge is 0.126 e. The lowest BCUT2D eigenvalue weighted by molar-refractivity contribution is 0.0342. The van der Waals surface area contributed by atoms with Crippen LogP contribution in [0, 0.1) is 5.92 Å². The normalized spacial score (nSPS) is 21.2. The van der Waals surface area contributed by atoms with Crippen LogP contribution >= 0.6 is 11.3 Å². The summed E-state index contributed by atoms with van der Waals surface area (Å²) in [5, 5.41) is 23.5. The first-order valence-corrected chi connectivity index (χ1v) is 16.0. The fourth-order valence-corrected chi connectivity index (χ4v) is 6.90. The van der Waals surface area contributed by atoms with Crippen LogP contribution in [0.5, 0.6) is 0 Å². The van der Waals surface area contributed by atoms with Crippen LogP contribution in [-0.2, 0) is 11.3 Å². The molecule has 1 aliphatic heterocycles. The summed E-state index contributed by atoms with van der Waals surface area (Å²) in [6.45, 7) is 9.17. The topological polar surface area (TPSA) is 101 Å². The number of ether oxygens (including phenoxy) is 1. The Labute approximate surface area is 252 Å². The molecule has 1 aromatic carbocycles. The molecule has 222 valence electrons. The first-order chi connectivity index (χ1) is 20.6. The highest BCUT2D eigenvalue weighted by Crippen LogP contribution is 2.37. The SMILES string of the molecule is CC(c1cc(CN2CCOCC2)cc(NC2CCC(CO)CC2)n1)C(C)c1ncc(-c2cnn(-c3ccccc3)n2)s1.